The molecule has 0 N–H and O–H groups in total. The Morgan fingerprint density at radius 2 is 2.21 bits per heavy atom. The topological polar surface area (TPSA) is 38.9 Å². The molecule has 0 spiro atoms. The summed E-state index contributed by atoms with van der Waals surface area (Å²) in [6.45, 7) is 1.79. The quantitative estimate of drug-likeness (QED) is 0.757. The normalized spacial score (nSPS) is 10.5. The third kappa shape index (κ3) is 1.90. The number of nitrogens with zero attached hydrogens (tertiary/aromatic N) is 2. The maximum atomic E-state index is 5.84. The van der Waals surface area contributed by atoms with Gasteiger partial charge in [0.15, 0.2) is 5.82 Å². The molecule has 0 atom stereocenters. The minimum atomic E-state index is 0.531. The van der Waals surface area contributed by atoms with Crippen molar-refractivity contribution >= 4 is 34.2 Å². The lowest BCUT2D eigenvalue weighted by Gasteiger charge is -1.98. The van der Waals surface area contributed by atoms with Crippen LogP contribution in [0.3, 0.4) is 0 Å². The Kier molecular flexibility index (Phi) is 2.73. The largest absolute Gasteiger partial charge is 0.334 e. The van der Waals surface area contributed by atoms with E-state index in [2.05, 4.69) is 32.7 Å². The van der Waals surface area contributed by atoms with E-state index < -0.39 is 0 Å². The van der Waals surface area contributed by atoms with E-state index in [-0.39, 0.29) is 0 Å². The van der Waals surface area contributed by atoms with Gasteiger partial charge in [-0.3, -0.25) is 0 Å². The van der Waals surface area contributed by atoms with Crippen molar-refractivity contribution in [1.29, 1.82) is 0 Å². The highest BCUT2D eigenvalue weighted by Crippen LogP contribution is 2.26. The summed E-state index contributed by atoms with van der Waals surface area (Å²) in [7, 11) is 0. The Morgan fingerprint density at radius 3 is 2.79 bits per heavy atom. The molecule has 0 radical (unpaired) electrons. The summed E-state index contributed by atoms with van der Waals surface area (Å²) in [4.78, 5) is 4.15. The van der Waals surface area contributed by atoms with Crippen molar-refractivity contribution < 1.29 is 4.52 Å². The highest BCUT2D eigenvalue weighted by Gasteiger charge is 2.09. The molecule has 0 aliphatic rings. The number of aryl methyl sites for hydroxylation is 1. The molecule has 0 bridgehead atoms. The molecule has 1 aromatic carbocycles. The van der Waals surface area contributed by atoms with Gasteiger partial charge in [0.05, 0.1) is 5.56 Å². The maximum Gasteiger partial charge on any atom is 0.258 e. The fourth-order valence-corrected chi connectivity index (χ4v) is 2.17. The van der Waals surface area contributed by atoms with Crippen LogP contribution in [0.25, 0.3) is 11.5 Å². The summed E-state index contributed by atoms with van der Waals surface area (Å²) in [6.07, 6.45) is 0. The molecular weight excluding hydrogens is 314 g/mol. The minimum absolute atomic E-state index is 0.531. The average Bonchev–Trinajstić information content (AvgIpc) is 2.51. The van der Waals surface area contributed by atoms with Gasteiger partial charge in [0, 0.05) is 8.59 Å². The first-order valence-electron chi connectivity index (χ1n) is 3.92. The number of hydrogen-bond donors (Lipinski definition) is 0. The zero-order chi connectivity index (χ0) is 10.1. The first-order chi connectivity index (χ1) is 6.66. The molecule has 2 rings (SSSR count). The van der Waals surface area contributed by atoms with Gasteiger partial charge in [0.1, 0.15) is 0 Å². The molecule has 0 aliphatic heterocycles. The lowest BCUT2D eigenvalue weighted by molar-refractivity contribution is 0.425. The van der Waals surface area contributed by atoms with Crippen LogP contribution < -0.4 is 0 Å². The van der Waals surface area contributed by atoms with Gasteiger partial charge in [0.25, 0.3) is 5.89 Å². The molecule has 5 heteroatoms. The highest BCUT2D eigenvalue weighted by atomic mass is 127. The van der Waals surface area contributed by atoms with Gasteiger partial charge in [-0.25, -0.2) is 0 Å². The molecule has 0 saturated carbocycles. The van der Waals surface area contributed by atoms with Crippen molar-refractivity contribution in [2.75, 3.05) is 0 Å². The lowest BCUT2D eigenvalue weighted by Crippen LogP contribution is -1.82. The molecule has 0 fully saturated rings. The molecule has 2 aromatic rings. The van der Waals surface area contributed by atoms with E-state index in [1.165, 1.54) is 0 Å². The van der Waals surface area contributed by atoms with Crippen molar-refractivity contribution in [1.82, 2.24) is 10.1 Å². The third-order valence-corrected chi connectivity index (χ3v) is 2.82. The van der Waals surface area contributed by atoms with Crippen molar-refractivity contribution in [3.05, 3.63) is 32.6 Å². The van der Waals surface area contributed by atoms with Crippen LogP contribution in [0.4, 0.5) is 0 Å². The maximum absolute atomic E-state index is 5.84. The lowest BCUT2D eigenvalue weighted by atomic mass is 10.2. The summed E-state index contributed by atoms with van der Waals surface area (Å²) < 4.78 is 6.06. The number of rotatable bonds is 1. The van der Waals surface area contributed by atoms with Crippen LogP contribution in [0.1, 0.15) is 5.82 Å². The Morgan fingerprint density at radius 1 is 1.43 bits per heavy atom. The summed E-state index contributed by atoms with van der Waals surface area (Å²) >= 11 is 8.02. The van der Waals surface area contributed by atoms with Gasteiger partial charge in [-0.05, 0) is 47.7 Å². The van der Waals surface area contributed by atoms with Crippen LogP contribution in [0.2, 0.25) is 5.02 Å². The second-order valence-corrected chi connectivity index (χ2v) is 4.37. The Balaban J connectivity index is 2.52. The van der Waals surface area contributed by atoms with Crippen molar-refractivity contribution in [3.8, 4) is 11.5 Å². The van der Waals surface area contributed by atoms with Crippen LogP contribution in [-0.4, -0.2) is 10.1 Å². The number of aromatic nitrogens is 2. The number of benzene rings is 1. The molecule has 3 nitrogen and oxygen atoms in total. The van der Waals surface area contributed by atoms with E-state index >= 15 is 0 Å². The first-order valence-corrected chi connectivity index (χ1v) is 5.38. The van der Waals surface area contributed by atoms with Gasteiger partial charge in [-0.15, -0.1) is 0 Å². The summed E-state index contributed by atoms with van der Waals surface area (Å²) in [5.74, 6) is 1.16. The van der Waals surface area contributed by atoms with E-state index in [0.29, 0.717) is 16.7 Å². The highest BCUT2D eigenvalue weighted by molar-refractivity contribution is 14.1. The minimum Gasteiger partial charge on any atom is -0.334 e. The standard InChI is InChI=1S/C9H6ClIN2O/c1-5-12-9(14-13-5)7-3-2-6(10)4-8(7)11/h2-4H,1H3. The summed E-state index contributed by atoms with van der Waals surface area (Å²) in [5, 5.41) is 4.44. The molecule has 1 heterocycles. The predicted molar refractivity (Wildman–Crippen MR) is 62.2 cm³/mol. The average molecular weight is 321 g/mol. The molecule has 1 aromatic heterocycles. The van der Waals surface area contributed by atoms with Gasteiger partial charge in [0.2, 0.25) is 0 Å². The van der Waals surface area contributed by atoms with Gasteiger partial charge >= 0.3 is 0 Å². The van der Waals surface area contributed by atoms with Crippen molar-refractivity contribution in [3.63, 3.8) is 0 Å². The zero-order valence-electron chi connectivity index (χ0n) is 7.29. The fourth-order valence-electron chi connectivity index (χ4n) is 1.07. The molecular formula is C9H6ClIN2O. The van der Waals surface area contributed by atoms with Crippen LogP contribution >= 0.6 is 34.2 Å². The monoisotopic (exact) mass is 320 g/mol. The van der Waals surface area contributed by atoms with E-state index in [0.717, 1.165) is 9.13 Å². The second kappa shape index (κ2) is 3.86. The SMILES string of the molecule is Cc1noc(-c2ccc(Cl)cc2I)n1. The molecule has 0 saturated heterocycles. The molecule has 0 unspecified atom stereocenters. The third-order valence-electron chi connectivity index (χ3n) is 1.69. The number of halogens is 2. The van der Waals surface area contributed by atoms with Gasteiger partial charge in [-0.2, -0.15) is 4.98 Å². The Bertz CT molecular complexity index is 470. The van der Waals surface area contributed by atoms with E-state index in [9.17, 15) is 0 Å². The van der Waals surface area contributed by atoms with E-state index in [1.807, 2.05) is 12.1 Å². The zero-order valence-corrected chi connectivity index (χ0v) is 10.2. The number of hydrogen-bond acceptors (Lipinski definition) is 3. The van der Waals surface area contributed by atoms with Crippen molar-refractivity contribution in [2.45, 2.75) is 6.92 Å². The first kappa shape index (κ1) is 9.92. The van der Waals surface area contributed by atoms with E-state index in [1.54, 1.807) is 13.0 Å². The second-order valence-electron chi connectivity index (χ2n) is 2.77. The molecule has 0 aliphatic carbocycles. The summed E-state index contributed by atoms with van der Waals surface area (Å²) in [5.41, 5.74) is 0.913. The van der Waals surface area contributed by atoms with E-state index in [4.69, 9.17) is 16.1 Å². The summed E-state index contributed by atoms with van der Waals surface area (Å²) in [6, 6.07) is 5.53. The Hall–Kier alpha value is -0.620. The predicted octanol–water partition coefficient (Wildman–Crippen LogP) is 3.30. The van der Waals surface area contributed by atoms with Crippen LogP contribution in [0.5, 0.6) is 0 Å². The Labute approximate surface area is 99.6 Å². The van der Waals surface area contributed by atoms with Crippen LogP contribution in [0.15, 0.2) is 22.7 Å². The molecule has 0 amide bonds. The van der Waals surface area contributed by atoms with Crippen molar-refractivity contribution in [2.24, 2.45) is 0 Å². The van der Waals surface area contributed by atoms with Crippen LogP contribution in [0, 0.1) is 10.5 Å². The smallest absolute Gasteiger partial charge is 0.258 e. The van der Waals surface area contributed by atoms with Gasteiger partial charge in [-0.1, -0.05) is 16.8 Å². The molecule has 14 heavy (non-hydrogen) atoms. The fraction of sp³-hybridized carbons (Fsp3) is 0.111. The van der Waals surface area contributed by atoms with Gasteiger partial charge < -0.3 is 4.52 Å². The molecule has 72 valence electrons. The van der Waals surface area contributed by atoms with Crippen LogP contribution in [-0.2, 0) is 0 Å².